The van der Waals surface area contributed by atoms with Crippen molar-refractivity contribution in [3.63, 3.8) is 0 Å². The highest BCUT2D eigenvalue weighted by atomic mass is 35.5. The molecule has 0 fully saturated rings. The summed E-state index contributed by atoms with van der Waals surface area (Å²) in [4.78, 5) is 23.9. The van der Waals surface area contributed by atoms with Gasteiger partial charge in [0.2, 0.25) is 0 Å². The number of rotatable bonds is 4. The van der Waals surface area contributed by atoms with Crippen LogP contribution in [0.3, 0.4) is 0 Å². The maximum absolute atomic E-state index is 12.0. The molecule has 26 heavy (non-hydrogen) atoms. The zero-order chi connectivity index (χ0) is 18.7. The standard InChI is InChI=1S/C19H18ClN3O3/c1-23-11-13(12-6-2-5-9-16(12)23)17(24)10-21-18(25)19(26)22-15-8-4-3-7-14(15)20/h2-9,11,17,24H,10H2,1H3,(H,21,25)(H,22,26)/t17-/m1/s1. The second-order valence-electron chi connectivity index (χ2n) is 5.87. The van der Waals surface area contributed by atoms with Gasteiger partial charge in [-0.3, -0.25) is 9.59 Å². The lowest BCUT2D eigenvalue weighted by molar-refractivity contribution is -0.136. The largest absolute Gasteiger partial charge is 0.386 e. The van der Waals surface area contributed by atoms with Crippen molar-refractivity contribution in [2.24, 2.45) is 7.05 Å². The third kappa shape index (κ3) is 3.71. The van der Waals surface area contributed by atoms with E-state index in [1.54, 1.807) is 24.3 Å². The van der Waals surface area contributed by atoms with E-state index < -0.39 is 17.9 Å². The molecule has 1 heterocycles. The number of nitrogens with one attached hydrogen (secondary N) is 2. The number of aliphatic hydroxyl groups is 1. The summed E-state index contributed by atoms with van der Waals surface area (Å²) in [5.41, 5.74) is 2.02. The van der Waals surface area contributed by atoms with Crippen LogP contribution in [0.4, 0.5) is 5.69 Å². The number of carbonyl (C=O) groups is 2. The van der Waals surface area contributed by atoms with Crippen LogP contribution in [0, 0.1) is 0 Å². The van der Waals surface area contributed by atoms with Crippen LogP contribution in [0.1, 0.15) is 11.7 Å². The molecule has 3 rings (SSSR count). The Morgan fingerprint density at radius 2 is 1.81 bits per heavy atom. The zero-order valence-electron chi connectivity index (χ0n) is 14.1. The van der Waals surface area contributed by atoms with E-state index in [-0.39, 0.29) is 6.54 Å². The molecule has 134 valence electrons. The minimum atomic E-state index is -0.932. The van der Waals surface area contributed by atoms with Gasteiger partial charge in [-0.05, 0) is 18.2 Å². The van der Waals surface area contributed by atoms with E-state index in [1.807, 2.05) is 42.1 Å². The molecule has 0 aliphatic carbocycles. The molecule has 0 spiro atoms. The second kappa shape index (κ2) is 7.59. The van der Waals surface area contributed by atoms with Gasteiger partial charge in [-0.25, -0.2) is 0 Å². The molecule has 2 aromatic carbocycles. The molecular formula is C19H18ClN3O3. The molecule has 2 amide bonds. The number of para-hydroxylation sites is 2. The van der Waals surface area contributed by atoms with E-state index in [1.165, 1.54) is 0 Å². The molecule has 0 radical (unpaired) electrons. The fourth-order valence-electron chi connectivity index (χ4n) is 2.76. The number of carbonyl (C=O) groups excluding carboxylic acids is 2. The average Bonchev–Trinajstić information content (AvgIpc) is 2.98. The molecule has 1 atom stereocenters. The SMILES string of the molecule is Cn1cc([C@H](O)CNC(=O)C(=O)Nc2ccccc2Cl)c2ccccc21. The van der Waals surface area contributed by atoms with Crippen molar-refractivity contribution in [2.45, 2.75) is 6.10 Å². The van der Waals surface area contributed by atoms with E-state index in [0.717, 1.165) is 10.9 Å². The van der Waals surface area contributed by atoms with Crippen LogP contribution >= 0.6 is 11.6 Å². The number of nitrogens with zero attached hydrogens (tertiary/aromatic N) is 1. The molecule has 0 bridgehead atoms. The van der Waals surface area contributed by atoms with E-state index in [4.69, 9.17) is 11.6 Å². The van der Waals surface area contributed by atoms with Gasteiger partial charge in [0.25, 0.3) is 0 Å². The van der Waals surface area contributed by atoms with Crippen molar-refractivity contribution in [3.8, 4) is 0 Å². The third-order valence-electron chi connectivity index (χ3n) is 4.07. The van der Waals surface area contributed by atoms with Gasteiger partial charge in [0.15, 0.2) is 0 Å². The summed E-state index contributed by atoms with van der Waals surface area (Å²) in [6.07, 6.45) is 0.879. The Morgan fingerprint density at radius 1 is 1.12 bits per heavy atom. The number of anilines is 1. The van der Waals surface area contributed by atoms with Crippen molar-refractivity contribution in [2.75, 3.05) is 11.9 Å². The van der Waals surface area contributed by atoms with Crippen molar-refractivity contribution in [3.05, 3.63) is 65.3 Å². The smallest absolute Gasteiger partial charge is 0.313 e. The minimum absolute atomic E-state index is 0.0806. The number of halogens is 1. The number of aliphatic hydroxyl groups excluding tert-OH is 1. The van der Waals surface area contributed by atoms with Crippen LogP contribution < -0.4 is 10.6 Å². The normalized spacial score (nSPS) is 12.0. The lowest BCUT2D eigenvalue weighted by Crippen LogP contribution is -2.37. The molecule has 0 aliphatic rings. The summed E-state index contributed by atoms with van der Waals surface area (Å²) in [5.74, 6) is -1.69. The van der Waals surface area contributed by atoms with Crippen LogP contribution in [0.25, 0.3) is 10.9 Å². The van der Waals surface area contributed by atoms with Gasteiger partial charge in [-0.15, -0.1) is 0 Å². The number of hydrogen-bond acceptors (Lipinski definition) is 3. The molecule has 0 saturated carbocycles. The van der Waals surface area contributed by atoms with E-state index >= 15 is 0 Å². The van der Waals surface area contributed by atoms with Crippen LogP contribution in [0.5, 0.6) is 0 Å². The van der Waals surface area contributed by atoms with Gasteiger partial charge in [0, 0.05) is 36.3 Å². The molecule has 7 heteroatoms. The zero-order valence-corrected chi connectivity index (χ0v) is 14.8. The number of aromatic nitrogens is 1. The van der Waals surface area contributed by atoms with Crippen LogP contribution in [-0.4, -0.2) is 28.0 Å². The highest BCUT2D eigenvalue weighted by Crippen LogP contribution is 2.25. The fraction of sp³-hybridized carbons (Fsp3) is 0.158. The molecule has 0 aliphatic heterocycles. The number of aryl methyl sites for hydroxylation is 1. The summed E-state index contributed by atoms with van der Waals surface area (Å²) >= 11 is 5.95. The van der Waals surface area contributed by atoms with Crippen LogP contribution in [0.2, 0.25) is 5.02 Å². The lowest BCUT2D eigenvalue weighted by Gasteiger charge is -2.12. The monoisotopic (exact) mass is 371 g/mol. The Morgan fingerprint density at radius 3 is 2.58 bits per heavy atom. The summed E-state index contributed by atoms with van der Waals surface area (Å²) < 4.78 is 1.90. The number of benzene rings is 2. The maximum Gasteiger partial charge on any atom is 0.313 e. The molecule has 0 unspecified atom stereocenters. The van der Waals surface area contributed by atoms with Crippen LogP contribution in [0.15, 0.2) is 54.7 Å². The Bertz CT molecular complexity index is 968. The molecule has 0 saturated heterocycles. The van der Waals surface area contributed by atoms with Gasteiger partial charge >= 0.3 is 11.8 Å². The van der Waals surface area contributed by atoms with Crippen molar-refractivity contribution < 1.29 is 14.7 Å². The average molecular weight is 372 g/mol. The van der Waals surface area contributed by atoms with Gasteiger partial charge in [0.05, 0.1) is 16.8 Å². The van der Waals surface area contributed by atoms with Crippen LogP contribution in [-0.2, 0) is 16.6 Å². The first-order valence-corrected chi connectivity index (χ1v) is 8.41. The van der Waals surface area contributed by atoms with Gasteiger partial charge < -0.3 is 20.3 Å². The molecule has 3 aromatic rings. The highest BCUT2D eigenvalue weighted by molar-refractivity contribution is 6.41. The Kier molecular flexibility index (Phi) is 5.25. The van der Waals surface area contributed by atoms with Crippen molar-refractivity contribution >= 4 is 40.0 Å². The first-order valence-electron chi connectivity index (χ1n) is 8.03. The Labute approximate surface area is 155 Å². The first kappa shape index (κ1) is 18.0. The Balaban J connectivity index is 1.63. The van der Waals surface area contributed by atoms with E-state index in [0.29, 0.717) is 16.3 Å². The quantitative estimate of drug-likeness (QED) is 0.616. The molecule has 1 aromatic heterocycles. The summed E-state index contributed by atoms with van der Waals surface area (Å²) in [6.45, 7) is -0.0806. The first-order chi connectivity index (χ1) is 12.5. The predicted octanol–water partition coefficient (Wildman–Crippen LogP) is 2.62. The summed E-state index contributed by atoms with van der Waals surface area (Å²) in [5, 5.41) is 16.5. The lowest BCUT2D eigenvalue weighted by atomic mass is 10.1. The number of fused-ring (bicyclic) bond motifs is 1. The topological polar surface area (TPSA) is 83.4 Å². The predicted molar refractivity (Wildman–Crippen MR) is 101 cm³/mol. The van der Waals surface area contributed by atoms with Gasteiger partial charge in [-0.2, -0.15) is 0 Å². The minimum Gasteiger partial charge on any atom is -0.386 e. The summed E-state index contributed by atoms with van der Waals surface area (Å²) in [6, 6.07) is 14.3. The molecular weight excluding hydrogens is 354 g/mol. The fourth-order valence-corrected chi connectivity index (χ4v) is 2.94. The van der Waals surface area contributed by atoms with Gasteiger partial charge in [-0.1, -0.05) is 41.9 Å². The summed E-state index contributed by atoms with van der Waals surface area (Å²) in [7, 11) is 1.88. The van der Waals surface area contributed by atoms with Crippen molar-refractivity contribution in [1.82, 2.24) is 9.88 Å². The van der Waals surface area contributed by atoms with E-state index in [9.17, 15) is 14.7 Å². The Hall–Kier alpha value is -2.83. The van der Waals surface area contributed by atoms with Crippen molar-refractivity contribution in [1.29, 1.82) is 0 Å². The molecule has 3 N–H and O–H groups in total. The van der Waals surface area contributed by atoms with Gasteiger partial charge in [0.1, 0.15) is 0 Å². The van der Waals surface area contributed by atoms with E-state index in [2.05, 4.69) is 10.6 Å². The molecule has 6 nitrogen and oxygen atoms in total. The highest BCUT2D eigenvalue weighted by Gasteiger charge is 2.19. The maximum atomic E-state index is 12.0. The number of amides is 2. The second-order valence-corrected chi connectivity index (χ2v) is 6.28. The number of hydrogen-bond donors (Lipinski definition) is 3. The third-order valence-corrected chi connectivity index (χ3v) is 4.40.